The third kappa shape index (κ3) is 5.82. The molecule has 0 atom stereocenters. The van der Waals surface area contributed by atoms with E-state index in [9.17, 15) is 9.59 Å². The first-order valence-electron chi connectivity index (χ1n) is 11.9. The summed E-state index contributed by atoms with van der Waals surface area (Å²) in [5.41, 5.74) is 4.96. The van der Waals surface area contributed by atoms with Crippen molar-refractivity contribution in [1.29, 1.82) is 0 Å². The molecule has 4 heteroatoms. The van der Waals surface area contributed by atoms with Gasteiger partial charge in [-0.1, -0.05) is 66.2 Å². The number of benzene rings is 5. The van der Waals surface area contributed by atoms with Gasteiger partial charge in [0.05, 0.1) is 0 Å². The highest BCUT2D eigenvalue weighted by atomic mass is 16.5. The standard InChI is InChI=1S/C33H24O4/c1-23-2-14-29(15-3-23)36-31-18-20-32(21-19-31)37-30-16-12-28(13-17-30)33(35)27-10-8-26(9-11-27)25-6-4-24(22-34)5-7-25/h2-22H,1H3. The largest absolute Gasteiger partial charge is 0.457 e. The number of hydrogen-bond donors (Lipinski definition) is 0. The lowest BCUT2D eigenvalue weighted by molar-refractivity contribution is 0.103. The molecule has 180 valence electrons. The van der Waals surface area contributed by atoms with Gasteiger partial charge >= 0.3 is 0 Å². The van der Waals surface area contributed by atoms with E-state index in [-0.39, 0.29) is 5.78 Å². The van der Waals surface area contributed by atoms with Crippen LogP contribution in [-0.2, 0) is 0 Å². The van der Waals surface area contributed by atoms with E-state index in [1.807, 2.05) is 91.9 Å². The first-order chi connectivity index (χ1) is 18.1. The lowest BCUT2D eigenvalue weighted by Gasteiger charge is -2.09. The Kier molecular flexibility index (Phi) is 6.91. The van der Waals surface area contributed by atoms with Crippen molar-refractivity contribution in [2.45, 2.75) is 6.92 Å². The Hall–Kier alpha value is -4.96. The third-order valence-corrected chi connectivity index (χ3v) is 5.96. The first-order valence-corrected chi connectivity index (χ1v) is 11.9. The lowest BCUT2D eigenvalue weighted by Crippen LogP contribution is -2.01. The summed E-state index contributed by atoms with van der Waals surface area (Å²) < 4.78 is 11.8. The highest BCUT2D eigenvalue weighted by Crippen LogP contribution is 2.28. The Balaban J connectivity index is 1.21. The normalized spacial score (nSPS) is 10.5. The molecule has 0 unspecified atom stereocenters. The average Bonchev–Trinajstić information content (AvgIpc) is 2.95. The maximum Gasteiger partial charge on any atom is 0.193 e. The Labute approximate surface area is 215 Å². The molecule has 0 heterocycles. The van der Waals surface area contributed by atoms with Crippen molar-refractivity contribution >= 4 is 12.1 Å². The Bertz CT molecular complexity index is 1500. The lowest BCUT2D eigenvalue weighted by atomic mass is 9.99. The monoisotopic (exact) mass is 484 g/mol. The van der Waals surface area contributed by atoms with E-state index >= 15 is 0 Å². The van der Waals surface area contributed by atoms with E-state index in [0.29, 0.717) is 28.2 Å². The highest BCUT2D eigenvalue weighted by molar-refractivity contribution is 6.09. The van der Waals surface area contributed by atoms with Gasteiger partial charge in [0.1, 0.15) is 29.3 Å². The van der Waals surface area contributed by atoms with Crippen molar-refractivity contribution < 1.29 is 19.1 Å². The van der Waals surface area contributed by atoms with Gasteiger partial charge in [0.15, 0.2) is 5.78 Å². The predicted octanol–water partition coefficient (Wildman–Crippen LogP) is 8.29. The summed E-state index contributed by atoms with van der Waals surface area (Å²) in [6.45, 7) is 2.04. The molecule has 0 aliphatic heterocycles. The zero-order valence-corrected chi connectivity index (χ0v) is 20.3. The van der Waals surface area contributed by atoms with Crippen LogP contribution in [0.25, 0.3) is 11.1 Å². The zero-order valence-electron chi connectivity index (χ0n) is 20.3. The summed E-state index contributed by atoms with van der Waals surface area (Å²) in [6.07, 6.45) is 0.820. The number of aryl methyl sites for hydroxylation is 1. The van der Waals surface area contributed by atoms with Crippen LogP contribution in [0, 0.1) is 6.92 Å². The summed E-state index contributed by atoms with van der Waals surface area (Å²) >= 11 is 0. The number of ketones is 1. The van der Waals surface area contributed by atoms with Crippen LogP contribution in [0.15, 0.2) is 121 Å². The molecule has 5 aromatic rings. The predicted molar refractivity (Wildman–Crippen MR) is 145 cm³/mol. The molecule has 0 N–H and O–H groups in total. The fourth-order valence-corrected chi connectivity index (χ4v) is 3.86. The van der Waals surface area contributed by atoms with Gasteiger partial charge in [0, 0.05) is 16.7 Å². The van der Waals surface area contributed by atoms with Crippen molar-refractivity contribution in [3.05, 3.63) is 144 Å². The van der Waals surface area contributed by atoms with Gasteiger partial charge in [0.25, 0.3) is 0 Å². The molecule has 5 aromatic carbocycles. The van der Waals surface area contributed by atoms with Crippen LogP contribution in [0.1, 0.15) is 31.8 Å². The van der Waals surface area contributed by atoms with Gasteiger partial charge < -0.3 is 9.47 Å². The average molecular weight is 485 g/mol. The van der Waals surface area contributed by atoms with Crippen LogP contribution >= 0.6 is 0 Å². The van der Waals surface area contributed by atoms with Crippen LogP contribution in [-0.4, -0.2) is 12.1 Å². The van der Waals surface area contributed by atoms with Crippen LogP contribution in [0.4, 0.5) is 0 Å². The number of rotatable bonds is 8. The van der Waals surface area contributed by atoms with Crippen molar-refractivity contribution in [3.63, 3.8) is 0 Å². The molecular weight excluding hydrogens is 460 g/mol. The summed E-state index contributed by atoms with van der Waals surface area (Å²) in [5, 5.41) is 0. The molecule has 5 rings (SSSR count). The molecule has 37 heavy (non-hydrogen) atoms. The molecule has 0 fully saturated rings. The zero-order chi connectivity index (χ0) is 25.6. The highest BCUT2D eigenvalue weighted by Gasteiger charge is 2.10. The molecule has 0 amide bonds. The van der Waals surface area contributed by atoms with E-state index in [0.717, 1.165) is 28.9 Å². The quantitative estimate of drug-likeness (QED) is 0.164. The van der Waals surface area contributed by atoms with E-state index in [2.05, 4.69) is 0 Å². The topological polar surface area (TPSA) is 52.6 Å². The number of hydrogen-bond acceptors (Lipinski definition) is 4. The second-order valence-corrected chi connectivity index (χ2v) is 8.66. The van der Waals surface area contributed by atoms with Crippen molar-refractivity contribution in [2.75, 3.05) is 0 Å². The second-order valence-electron chi connectivity index (χ2n) is 8.66. The number of ether oxygens (including phenoxy) is 2. The van der Waals surface area contributed by atoms with Gasteiger partial charge in [-0.15, -0.1) is 0 Å². The number of carbonyl (C=O) groups excluding carboxylic acids is 2. The summed E-state index contributed by atoms with van der Waals surface area (Å²) in [4.78, 5) is 23.8. The number of carbonyl (C=O) groups is 2. The van der Waals surface area contributed by atoms with Crippen molar-refractivity contribution in [2.24, 2.45) is 0 Å². The maximum atomic E-state index is 13.0. The summed E-state index contributed by atoms with van der Waals surface area (Å²) in [7, 11) is 0. The van der Waals surface area contributed by atoms with Crippen molar-refractivity contribution in [3.8, 4) is 34.1 Å². The second kappa shape index (κ2) is 10.8. The Morgan fingerprint density at radius 1 is 0.514 bits per heavy atom. The SMILES string of the molecule is Cc1ccc(Oc2ccc(Oc3ccc(C(=O)c4ccc(-c5ccc(C=O)cc5)cc4)cc3)cc2)cc1. The molecule has 0 aliphatic rings. The van der Waals surface area contributed by atoms with Crippen LogP contribution in [0.2, 0.25) is 0 Å². The molecular formula is C33H24O4. The molecule has 0 bridgehead atoms. The Morgan fingerprint density at radius 3 is 1.30 bits per heavy atom. The van der Waals surface area contributed by atoms with Gasteiger partial charge in [-0.05, 0) is 78.7 Å². The Morgan fingerprint density at radius 2 is 0.865 bits per heavy atom. The molecule has 0 aromatic heterocycles. The van der Waals surface area contributed by atoms with E-state index in [4.69, 9.17) is 9.47 Å². The van der Waals surface area contributed by atoms with Gasteiger partial charge in [-0.25, -0.2) is 0 Å². The number of aldehydes is 1. The molecule has 0 aliphatic carbocycles. The minimum Gasteiger partial charge on any atom is -0.457 e. The fourth-order valence-electron chi connectivity index (χ4n) is 3.86. The van der Waals surface area contributed by atoms with Crippen LogP contribution in [0.5, 0.6) is 23.0 Å². The molecule has 0 saturated carbocycles. The fraction of sp³-hybridized carbons (Fsp3) is 0.0303. The van der Waals surface area contributed by atoms with Crippen molar-refractivity contribution in [1.82, 2.24) is 0 Å². The molecule has 0 spiro atoms. The molecule has 0 radical (unpaired) electrons. The van der Waals surface area contributed by atoms with Gasteiger partial charge in [-0.2, -0.15) is 0 Å². The van der Waals surface area contributed by atoms with Gasteiger partial charge in [-0.3, -0.25) is 9.59 Å². The first kappa shape index (κ1) is 23.8. The maximum absolute atomic E-state index is 13.0. The minimum atomic E-state index is -0.0630. The summed E-state index contributed by atoms with van der Waals surface area (Å²) in [6, 6.07) is 37.2. The molecule has 4 nitrogen and oxygen atoms in total. The van der Waals surface area contributed by atoms with E-state index in [1.165, 1.54) is 5.56 Å². The van der Waals surface area contributed by atoms with Crippen LogP contribution < -0.4 is 9.47 Å². The van der Waals surface area contributed by atoms with E-state index in [1.54, 1.807) is 36.4 Å². The van der Waals surface area contributed by atoms with Crippen LogP contribution in [0.3, 0.4) is 0 Å². The third-order valence-electron chi connectivity index (χ3n) is 5.96. The summed E-state index contributed by atoms with van der Waals surface area (Å²) in [5.74, 6) is 2.75. The molecule has 0 saturated heterocycles. The van der Waals surface area contributed by atoms with Gasteiger partial charge in [0.2, 0.25) is 0 Å². The smallest absolute Gasteiger partial charge is 0.193 e. The van der Waals surface area contributed by atoms with E-state index < -0.39 is 0 Å². The minimum absolute atomic E-state index is 0.0630.